The summed E-state index contributed by atoms with van der Waals surface area (Å²) in [6.07, 6.45) is 3.67. The lowest BCUT2D eigenvalue weighted by atomic mass is 10.1. The molecule has 0 aliphatic carbocycles. The van der Waals surface area contributed by atoms with Crippen LogP contribution in [0.3, 0.4) is 0 Å². The lowest BCUT2D eigenvalue weighted by molar-refractivity contribution is -0.144. The van der Waals surface area contributed by atoms with Gasteiger partial charge in [0.1, 0.15) is 11.5 Å². The van der Waals surface area contributed by atoms with E-state index < -0.39 is 12.1 Å². The number of carbonyl (C=O) groups excluding carboxylic acids is 1. The zero-order valence-corrected chi connectivity index (χ0v) is 20.2. The molecule has 35 heavy (non-hydrogen) atoms. The molecular formula is C30H32O5. The van der Waals surface area contributed by atoms with E-state index in [0.717, 1.165) is 22.4 Å². The smallest absolute Gasteiger partial charge is 0.345 e. The highest BCUT2D eigenvalue weighted by atomic mass is 16.7. The van der Waals surface area contributed by atoms with Crippen LogP contribution in [0.2, 0.25) is 0 Å². The van der Waals surface area contributed by atoms with Gasteiger partial charge in [0.05, 0.1) is 0 Å². The van der Waals surface area contributed by atoms with Gasteiger partial charge in [0.15, 0.2) is 12.4 Å². The molecule has 2 unspecified atom stereocenters. The lowest BCUT2D eigenvalue weighted by Crippen LogP contribution is -2.18. The second-order valence-electron chi connectivity index (χ2n) is 7.38. The van der Waals surface area contributed by atoms with Crippen molar-refractivity contribution in [2.24, 2.45) is 0 Å². The molecule has 5 nitrogen and oxygen atoms in total. The van der Waals surface area contributed by atoms with Crippen molar-refractivity contribution in [3.8, 4) is 11.5 Å². The van der Waals surface area contributed by atoms with Crippen molar-refractivity contribution < 1.29 is 24.1 Å². The molecule has 0 fully saturated rings. The Kier molecular flexibility index (Phi) is 11.2. The van der Waals surface area contributed by atoms with Crippen molar-refractivity contribution >= 4 is 24.2 Å². The Bertz CT molecular complexity index is 1080. The highest BCUT2D eigenvalue weighted by Gasteiger charge is 2.19. The third kappa shape index (κ3) is 9.08. The summed E-state index contributed by atoms with van der Waals surface area (Å²) >= 11 is 0. The van der Waals surface area contributed by atoms with Crippen LogP contribution in [-0.4, -0.2) is 24.0 Å². The molecule has 3 aromatic carbocycles. The second kappa shape index (κ2) is 14.4. The van der Waals surface area contributed by atoms with E-state index in [1.54, 1.807) is 66.8 Å². The summed E-state index contributed by atoms with van der Waals surface area (Å²) in [5.74, 6) is 0.483. The van der Waals surface area contributed by atoms with Crippen molar-refractivity contribution in [1.82, 2.24) is 0 Å². The molecule has 5 heteroatoms. The summed E-state index contributed by atoms with van der Waals surface area (Å²) in [6, 6.07) is 21.5. The number of benzene rings is 3. The lowest BCUT2D eigenvalue weighted by Gasteiger charge is -2.14. The van der Waals surface area contributed by atoms with Crippen LogP contribution in [0.5, 0.6) is 11.5 Å². The standard InChI is InChI=1S/C18H16O3.C12H16O2/c1-3-13-5-9-15(10-6-13)17(19)18(20)21-16-11-7-14(4-2)8-12-16;1-4-11-6-8-12(9-7-11)14-10(3)13-5-2/h3-12,17,19H,1-2H2;4,6-10H,1,5H2,2-3H3. The van der Waals surface area contributed by atoms with Gasteiger partial charge in [-0.05, 0) is 60.4 Å². The number of rotatable bonds is 10. The number of ether oxygens (including phenoxy) is 3. The Morgan fingerprint density at radius 3 is 1.66 bits per heavy atom. The van der Waals surface area contributed by atoms with Crippen molar-refractivity contribution in [3.63, 3.8) is 0 Å². The van der Waals surface area contributed by atoms with Crippen LogP contribution in [0.4, 0.5) is 0 Å². The van der Waals surface area contributed by atoms with E-state index in [1.807, 2.05) is 38.1 Å². The monoisotopic (exact) mass is 472 g/mol. The van der Waals surface area contributed by atoms with Crippen molar-refractivity contribution in [2.45, 2.75) is 26.2 Å². The molecule has 0 aliphatic rings. The minimum Gasteiger partial charge on any atom is -0.465 e. The highest BCUT2D eigenvalue weighted by molar-refractivity contribution is 5.78. The van der Waals surface area contributed by atoms with Gasteiger partial charge in [-0.2, -0.15) is 0 Å². The fraction of sp³-hybridized carbons (Fsp3) is 0.167. The van der Waals surface area contributed by atoms with Crippen LogP contribution >= 0.6 is 0 Å². The number of hydrogen-bond donors (Lipinski definition) is 1. The zero-order valence-electron chi connectivity index (χ0n) is 20.2. The summed E-state index contributed by atoms with van der Waals surface area (Å²) in [4.78, 5) is 11.9. The Hall–Kier alpha value is -3.93. The molecule has 0 heterocycles. The van der Waals surface area contributed by atoms with Gasteiger partial charge in [0.25, 0.3) is 0 Å². The Labute approximate surface area is 207 Å². The molecular weight excluding hydrogens is 440 g/mol. The average Bonchev–Trinajstić information content (AvgIpc) is 2.89. The topological polar surface area (TPSA) is 65.0 Å². The molecule has 0 saturated carbocycles. The molecule has 3 aromatic rings. The highest BCUT2D eigenvalue weighted by Crippen LogP contribution is 2.19. The first kappa shape index (κ1) is 27.3. The Balaban J connectivity index is 0.000000269. The first-order chi connectivity index (χ1) is 16.9. The molecule has 0 amide bonds. The molecule has 0 radical (unpaired) electrons. The number of esters is 1. The first-order valence-electron chi connectivity index (χ1n) is 11.3. The summed E-state index contributed by atoms with van der Waals surface area (Å²) in [5.41, 5.74) is 3.41. The van der Waals surface area contributed by atoms with Gasteiger partial charge < -0.3 is 19.3 Å². The zero-order chi connectivity index (χ0) is 25.6. The van der Waals surface area contributed by atoms with Gasteiger partial charge in [-0.1, -0.05) is 86.5 Å². The van der Waals surface area contributed by atoms with Gasteiger partial charge in [-0.25, -0.2) is 4.79 Å². The van der Waals surface area contributed by atoms with E-state index in [-0.39, 0.29) is 6.29 Å². The predicted molar refractivity (Wildman–Crippen MR) is 142 cm³/mol. The van der Waals surface area contributed by atoms with Crippen LogP contribution in [-0.2, 0) is 9.53 Å². The van der Waals surface area contributed by atoms with Crippen molar-refractivity contribution in [1.29, 1.82) is 0 Å². The molecule has 3 rings (SSSR count). The SMILES string of the molecule is C=Cc1ccc(OC(=O)C(O)c2ccc(C=C)cc2)cc1.C=Cc1ccc(OC(C)OCC)cc1. The van der Waals surface area contributed by atoms with E-state index in [4.69, 9.17) is 14.2 Å². The third-order valence-electron chi connectivity index (χ3n) is 4.86. The van der Waals surface area contributed by atoms with E-state index in [1.165, 1.54) is 0 Å². The molecule has 182 valence electrons. The quantitative estimate of drug-likeness (QED) is 0.202. The van der Waals surface area contributed by atoms with Crippen LogP contribution in [0.1, 0.15) is 42.2 Å². The van der Waals surface area contributed by atoms with Crippen LogP contribution in [0.25, 0.3) is 18.2 Å². The molecule has 0 spiro atoms. The van der Waals surface area contributed by atoms with Crippen molar-refractivity contribution in [3.05, 3.63) is 115 Å². The summed E-state index contributed by atoms with van der Waals surface area (Å²) in [6.45, 7) is 15.5. The predicted octanol–water partition coefficient (Wildman–Crippen LogP) is 6.70. The maximum Gasteiger partial charge on any atom is 0.345 e. The van der Waals surface area contributed by atoms with Crippen molar-refractivity contribution in [2.75, 3.05) is 6.61 Å². The average molecular weight is 473 g/mol. The number of aliphatic hydroxyl groups is 1. The largest absolute Gasteiger partial charge is 0.465 e. The molecule has 0 aliphatic heterocycles. The first-order valence-corrected chi connectivity index (χ1v) is 11.3. The van der Waals surface area contributed by atoms with Crippen LogP contribution < -0.4 is 9.47 Å². The number of aliphatic hydroxyl groups excluding tert-OH is 1. The van der Waals surface area contributed by atoms with E-state index in [9.17, 15) is 9.90 Å². The maximum atomic E-state index is 11.9. The fourth-order valence-electron chi connectivity index (χ4n) is 2.94. The van der Waals surface area contributed by atoms with E-state index in [2.05, 4.69) is 19.7 Å². The van der Waals surface area contributed by atoms with Gasteiger partial charge in [0.2, 0.25) is 0 Å². The van der Waals surface area contributed by atoms with E-state index in [0.29, 0.717) is 17.9 Å². The minimum atomic E-state index is -1.32. The summed E-state index contributed by atoms with van der Waals surface area (Å²) < 4.78 is 15.9. The molecule has 2 atom stereocenters. The van der Waals surface area contributed by atoms with Gasteiger partial charge in [-0.3, -0.25) is 0 Å². The molecule has 0 bridgehead atoms. The van der Waals surface area contributed by atoms with Gasteiger partial charge in [-0.15, -0.1) is 0 Å². The second-order valence-corrected chi connectivity index (χ2v) is 7.38. The van der Waals surface area contributed by atoms with Crippen LogP contribution in [0, 0.1) is 0 Å². The molecule has 0 aromatic heterocycles. The Morgan fingerprint density at radius 2 is 1.23 bits per heavy atom. The molecule has 0 saturated heterocycles. The summed E-state index contributed by atoms with van der Waals surface area (Å²) in [5, 5.41) is 10.00. The molecule has 1 N–H and O–H groups in total. The normalized spacial score (nSPS) is 11.7. The summed E-state index contributed by atoms with van der Waals surface area (Å²) in [7, 11) is 0. The van der Waals surface area contributed by atoms with Gasteiger partial charge in [0, 0.05) is 6.61 Å². The van der Waals surface area contributed by atoms with E-state index >= 15 is 0 Å². The number of hydrogen-bond acceptors (Lipinski definition) is 5. The number of carbonyl (C=O) groups is 1. The van der Waals surface area contributed by atoms with Gasteiger partial charge >= 0.3 is 5.97 Å². The fourth-order valence-corrected chi connectivity index (χ4v) is 2.94. The minimum absolute atomic E-state index is 0.199. The maximum absolute atomic E-state index is 11.9. The van der Waals surface area contributed by atoms with Crippen LogP contribution in [0.15, 0.2) is 92.5 Å². The Morgan fingerprint density at radius 1 is 0.800 bits per heavy atom. The third-order valence-corrected chi connectivity index (χ3v) is 4.86.